The van der Waals surface area contributed by atoms with Gasteiger partial charge in [-0.1, -0.05) is 60.2 Å². The van der Waals surface area contributed by atoms with Crippen LogP contribution in [0.2, 0.25) is 0 Å². The van der Waals surface area contributed by atoms with Crippen molar-refractivity contribution >= 4 is 11.8 Å². The van der Waals surface area contributed by atoms with E-state index in [4.69, 9.17) is 9.15 Å². The highest BCUT2D eigenvalue weighted by molar-refractivity contribution is 6.01. The highest BCUT2D eigenvalue weighted by Crippen LogP contribution is 2.24. The average Bonchev–Trinajstić information content (AvgIpc) is 3.15. The molecule has 0 saturated heterocycles. The van der Waals surface area contributed by atoms with Crippen molar-refractivity contribution in [2.75, 3.05) is 0 Å². The first-order chi connectivity index (χ1) is 11.6. The average molecular weight is 320 g/mol. The molecule has 0 N–H and O–H groups in total. The minimum Gasteiger partial charge on any atom is -0.457 e. The molecule has 0 spiro atoms. The molecule has 0 aliphatic carbocycles. The van der Waals surface area contributed by atoms with Gasteiger partial charge in [-0.05, 0) is 19.1 Å². The number of aryl methyl sites for hydroxylation is 1. The van der Waals surface area contributed by atoms with Crippen LogP contribution in [0, 0.1) is 6.92 Å². The van der Waals surface area contributed by atoms with Crippen molar-refractivity contribution in [3.63, 3.8) is 0 Å². The van der Waals surface area contributed by atoms with Gasteiger partial charge in [0.1, 0.15) is 0 Å². The van der Waals surface area contributed by atoms with E-state index in [9.17, 15) is 9.59 Å². The van der Waals surface area contributed by atoms with Gasteiger partial charge in [0.05, 0.1) is 6.26 Å². The molecule has 0 amide bonds. The van der Waals surface area contributed by atoms with Crippen molar-refractivity contribution < 1.29 is 18.7 Å². The second-order valence-electron chi connectivity index (χ2n) is 5.40. The highest BCUT2D eigenvalue weighted by Gasteiger charge is 2.27. The predicted molar refractivity (Wildman–Crippen MR) is 88.8 cm³/mol. The summed E-state index contributed by atoms with van der Waals surface area (Å²) < 4.78 is 10.5. The van der Waals surface area contributed by atoms with Gasteiger partial charge < -0.3 is 9.15 Å². The molecule has 3 aromatic rings. The summed E-state index contributed by atoms with van der Waals surface area (Å²) in [6.45, 7) is 1.94. The Hall–Kier alpha value is -3.14. The molecular weight excluding hydrogens is 304 g/mol. The SMILES string of the molecule is Cc1ccc(C(=O)[C@@H](OC(=O)c2ccco2)c2ccccc2)cc1. The number of ether oxygens (including phenoxy) is 1. The first kappa shape index (κ1) is 15.7. The van der Waals surface area contributed by atoms with Gasteiger partial charge in [-0.2, -0.15) is 0 Å². The highest BCUT2D eigenvalue weighted by atomic mass is 16.6. The Morgan fingerprint density at radius 1 is 0.917 bits per heavy atom. The third-order valence-corrected chi connectivity index (χ3v) is 3.62. The van der Waals surface area contributed by atoms with E-state index in [0.29, 0.717) is 11.1 Å². The van der Waals surface area contributed by atoms with Crippen LogP contribution in [-0.4, -0.2) is 11.8 Å². The minimum absolute atomic E-state index is 0.0626. The van der Waals surface area contributed by atoms with Gasteiger partial charge in [-0.25, -0.2) is 4.79 Å². The Kier molecular flexibility index (Phi) is 4.57. The van der Waals surface area contributed by atoms with E-state index in [1.807, 2.05) is 25.1 Å². The summed E-state index contributed by atoms with van der Waals surface area (Å²) in [7, 11) is 0. The molecule has 0 aliphatic heterocycles. The lowest BCUT2D eigenvalue weighted by atomic mass is 9.99. The molecule has 4 heteroatoms. The molecule has 0 fully saturated rings. The van der Waals surface area contributed by atoms with Crippen molar-refractivity contribution in [3.8, 4) is 0 Å². The molecule has 0 unspecified atom stereocenters. The van der Waals surface area contributed by atoms with E-state index in [0.717, 1.165) is 5.56 Å². The Morgan fingerprint density at radius 2 is 1.62 bits per heavy atom. The summed E-state index contributed by atoms with van der Waals surface area (Å²) in [5.74, 6) is -0.886. The maximum Gasteiger partial charge on any atom is 0.375 e. The summed E-state index contributed by atoms with van der Waals surface area (Å²) in [4.78, 5) is 25.1. The zero-order valence-electron chi connectivity index (χ0n) is 13.1. The number of Topliss-reactive ketones (excluding diaryl/α,β-unsaturated/α-hetero) is 1. The molecule has 24 heavy (non-hydrogen) atoms. The first-order valence-electron chi connectivity index (χ1n) is 7.55. The van der Waals surface area contributed by atoms with Gasteiger partial charge in [0.15, 0.2) is 6.10 Å². The van der Waals surface area contributed by atoms with Crippen molar-refractivity contribution in [2.24, 2.45) is 0 Å². The standard InChI is InChI=1S/C20H16O4/c1-14-9-11-15(12-10-14)18(21)19(16-6-3-2-4-7-16)24-20(22)17-8-5-13-23-17/h2-13,19H,1H3/t19-/m0/s1. The predicted octanol–water partition coefficient (Wildman–Crippen LogP) is 4.37. The van der Waals surface area contributed by atoms with Crippen molar-refractivity contribution in [1.82, 2.24) is 0 Å². The van der Waals surface area contributed by atoms with Gasteiger partial charge in [0.25, 0.3) is 0 Å². The molecule has 120 valence electrons. The van der Waals surface area contributed by atoms with Crippen molar-refractivity contribution in [3.05, 3.63) is 95.4 Å². The van der Waals surface area contributed by atoms with Crippen LogP contribution in [-0.2, 0) is 4.74 Å². The number of hydrogen-bond donors (Lipinski definition) is 0. The van der Waals surface area contributed by atoms with E-state index in [2.05, 4.69) is 0 Å². The largest absolute Gasteiger partial charge is 0.457 e. The fourth-order valence-corrected chi connectivity index (χ4v) is 2.33. The molecule has 3 rings (SSSR count). The number of ketones is 1. The maximum atomic E-state index is 12.9. The van der Waals surface area contributed by atoms with E-state index in [1.165, 1.54) is 12.3 Å². The fraction of sp³-hybridized carbons (Fsp3) is 0.100. The lowest BCUT2D eigenvalue weighted by Crippen LogP contribution is -2.20. The van der Waals surface area contributed by atoms with E-state index < -0.39 is 12.1 Å². The molecule has 0 saturated carbocycles. The topological polar surface area (TPSA) is 56.5 Å². The van der Waals surface area contributed by atoms with Crippen LogP contribution in [0.5, 0.6) is 0 Å². The molecule has 0 aliphatic rings. The van der Waals surface area contributed by atoms with Gasteiger partial charge in [-0.15, -0.1) is 0 Å². The molecular formula is C20H16O4. The number of hydrogen-bond acceptors (Lipinski definition) is 4. The fourth-order valence-electron chi connectivity index (χ4n) is 2.33. The van der Waals surface area contributed by atoms with Crippen LogP contribution in [0.4, 0.5) is 0 Å². The third-order valence-electron chi connectivity index (χ3n) is 3.62. The minimum atomic E-state index is -1.02. The van der Waals surface area contributed by atoms with E-state index >= 15 is 0 Å². The molecule has 1 heterocycles. The van der Waals surface area contributed by atoms with Gasteiger partial charge in [0, 0.05) is 11.1 Å². The lowest BCUT2D eigenvalue weighted by molar-refractivity contribution is 0.0250. The third kappa shape index (κ3) is 3.43. The van der Waals surface area contributed by atoms with Crippen LogP contribution in [0.15, 0.2) is 77.4 Å². The molecule has 1 atom stereocenters. The molecule has 4 nitrogen and oxygen atoms in total. The Balaban J connectivity index is 1.91. The summed E-state index contributed by atoms with van der Waals surface area (Å²) in [6.07, 6.45) is 0.363. The smallest absolute Gasteiger partial charge is 0.375 e. The van der Waals surface area contributed by atoms with Crippen molar-refractivity contribution in [2.45, 2.75) is 13.0 Å². The monoisotopic (exact) mass is 320 g/mol. The number of esters is 1. The van der Waals surface area contributed by atoms with Crippen LogP contribution >= 0.6 is 0 Å². The van der Waals surface area contributed by atoms with Crippen LogP contribution < -0.4 is 0 Å². The number of furan rings is 1. The second kappa shape index (κ2) is 6.96. The molecule has 0 bridgehead atoms. The summed E-state index contributed by atoms with van der Waals surface area (Å²) in [5, 5.41) is 0. The molecule has 0 radical (unpaired) electrons. The summed E-state index contributed by atoms with van der Waals surface area (Å²) >= 11 is 0. The number of rotatable bonds is 5. The molecule has 1 aromatic heterocycles. The van der Waals surface area contributed by atoms with Crippen LogP contribution in [0.3, 0.4) is 0 Å². The first-order valence-corrected chi connectivity index (χ1v) is 7.55. The quantitative estimate of drug-likeness (QED) is 0.517. The summed E-state index contributed by atoms with van der Waals surface area (Å²) in [5.41, 5.74) is 2.15. The zero-order chi connectivity index (χ0) is 16.9. The van der Waals surface area contributed by atoms with E-state index in [-0.39, 0.29) is 11.5 Å². The van der Waals surface area contributed by atoms with Gasteiger partial charge in [0.2, 0.25) is 11.5 Å². The number of benzene rings is 2. The Bertz CT molecular complexity index is 818. The lowest BCUT2D eigenvalue weighted by Gasteiger charge is -2.17. The van der Waals surface area contributed by atoms with Crippen LogP contribution in [0.1, 0.15) is 38.1 Å². The zero-order valence-corrected chi connectivity index (χ0v) is 13.1. The van der Waals surface area contributed by atoms with E-state index in [1.54, 1.807) is 42.5 Å². The van der Waals surface area contributed by atoms with Crippen molar-refractivity contribution in [1.29, 1.82) is 0 Å². The van der Waals surface area contributed by atoms with Crippen LogP contribution in [0.25, 0.3) is 0 Å². The van der Waals surface area contributed by atoms with Gasteiger partial charge in [-0.3, -0.25) is 4.79 Å². The van der Waals surface area contributed by atoms with Gasteiger partial charge >= 0.3 is 5.97 Å². The Morgan fingerprint density at radius 3 is 2.25 bits per heavy atom. The second-order valence-corrected chi connectivity index (χ2v) is 5.40. The maximum absolute atomic E-state index is 12.9. The summed E-state index contributed by atoms with van der Waals surface area (Å²) in [6, 6.07) is 19.2. The molecule has 2 aromatic carbocycles. The number of carbonyl (C=O) groups is 2. The Labute approximate surface area is 139 Å². The number of carbonyl (C=O) groups excluding carboxylic acids is 2. The normalized spacial score (nSPS) is 11.7.